The highest BCUT2D eigenvalue weighted by Gasteiger charge is 2.34. The average molecular weight is 507 g/mol. The number of carbonyl (C=O) groups excluding carboxylic acids is 2. The monoisotopic (exact) mass is 506 g/mol. The molecule has 0 N–H and O–H groups in total. The van der Waals surface area contributed by atoms with E-state index in [1.54, 1.807) is 0 Å². The van der Waals surface area contributed by atoms with Gasteiger partial charge in [-0.3, -0.25) is 4.79 Å². The van der Waals surface area contributed by atoms with Crippen molar-refractivity contribution in [2.75, 3.05) is 6.79 Å². The largest absolute Gasteiger partial charge is 0.462 e. The van der Waals surface area contributed by atoms with Crippen LogP contribution in [0.3, 0.4) is 0 Å². The van der Waals surface area contributed by atoms with Crippen LogP contribution in [0.5, 0.6) is 0 Å². The molecule has 3 fully saturated rings. The molecule has 206 valence electrons. The zero-order valence-corrected chi connectivity index (χ0v) is 22.8. The van der Waals surface area contributed by atoms with Gasteiger partial charge >= 0.3 is 11.9 Å². The standard InChI is InChI=1S/C30H50O6/c1-4-7-22-9-11-23(12-10-22)24-13-19-27(20-14-24)35-30(32)25-15-17-26(18-16-25)33-21-34-29(8-5-2)36-28(31)6-3/h6,22-27,29H,3-5,7-21H2,1-2H3. The van der Waals surface area contributed by atoms with E-state index in [9.17, 15) is 9.59 Å². The van der Waals surface area contributed by atoms with E-state index in [0.717, 1.165) is 68.8 Å². The third-order valence-electron chi connectivity index (χ3n) is 8.76. The van der Waals surface area contributed by atoms with Crippen molar-refractivity contribution in [3.8, 4) is 0 Å². The number of carbonyl (C=O) groups is 2. The van der Waals surface area contributed by atoms with Gasteiger partial charge in [-0.25, -0.2) is 4.79 Å². The fourth-order valence-electron chi connectivity index (χ4n) is 6.56. The molecule has 0 bridgehead atoms. The first-order valence-electron chi connectivity index (χ1n) is 14.8. The van der Waals surface area contributed by atoms with Gasteiger partial charge < -0.3 is 18.9 Å². The highest BCUT2D eigenvalue weighted by Crippen LogP contribution is 2.41. The fourth-order valence-corrected chi connectivity index (χ4v) is 6.56. The summed E-state index contributed by atoms with van der Waals surface area (Å²) in [5.41, 5.74) is 0. The molecule has 3 aliphatic carbocycles. The minimum Gasteiger partial charge on any atom is -0.462 e. The molecule has 0 aromatic heterocycles. The Morgan fingerprint density at radius 3 is 2.03 bits per heavy atom. The molecule has 36 heavy (non-hydrogen) atoms. The molecule has 6 heteroatoms. The number of esters is 2. The summed E-state index contributed by atoms with van der Waals surface area (Å²) in [6, 6.07) is 0. The van der Waals surface area contributed by atoms with Gasteiger partial charge in [0.05, 0.1) is 12.0 Å². The molecular weight excluding hydrogens is 456 g/mol. The van der Waals surface area contributed by atoms with Crippen molar-refractivity contribution in [3.63, 3.8) is 0 Å². The van der Waals surface area contributed by atoms with Crippen molar-refractivity contribution in [3.05, 3.63) is 12.7 Å². The summed E-state index contributed by atoms with van der Waals surface area (Å²) in [6.07, 6.45) is 18.3. The Kier molecular flexibility index (Phi) is 12.8. The summed E-state index contributed by atoms with van der Waals surface area (Å²) in [6.45, 7) is 7.81. The van der Waals surface area contributed by atoms with Gasteiger partial charge in [-0.2, -0.15) is 0 Å². The minimum absolute atomic E-state index is 0.00688. The molecule has 0 spiro atoms. The van der Waals surface area contributed by atoms with Crippen molar-refractivity contribution in [2.45, 2.75) is 135 Å². The summed E-state index contributed by atoms with van der Waals surface area (Å²) in [5, 5.41) is 0. The van der Waals surface area contributed by atoms with E-state index in [1.807, 2.05) is 6.92 Å². The van der Waals surface area contributed by atoms with Crippen LogP contribution in [0.4, 0.5) is 0 Å². The summed E-state index contributed by atoms with van der Waals surface area (Å²) < 4.78 is 22.6. The van der Waals surface area contributed by atoms with Gasteiger partial charge in [-0.1, -0.05) is 52.5 Å². The van der Waals surface area contributed by atoms with Crippen LogP contribution in [0.15, 0.2) is 12.7 Å². The van der Waals surface area contributed by atoms with Crippen LogP contribution in [0.2, 0.25) is 0 Å². The maximum absolute atomic E-state index is 12.8. The normalized spacial score (nSPS) is 31.8. The first-order chi connectivity index (χ1) is 17.5. The van der Waals surface area contributed by atoms with Crippen molar-refractivity contribution in [1.82, 2.24) is 0 Å². The van der Waals surface area contributed by atoms with E-state index < -0.39 is 12.3 Å². The third-order valence-corrected chi connectivity index (χ3v) is 8.76. The molecule has 0 aromatic rings. The van der Waals surface area contributed by atoms with E-state index in [4.69, 9.17) is 18.9 Å². The quantitative estimate of drug-likeness (QED) is 0.151. The minimum atomic E-state index is -0.613. The van der Waals surface area contributed by atoms with E-state index in [0.29, 0.717) is 6.42 Å². The lowest BCUT2D eigenvalue weighted by Crippen LogP contribution is -2.33. The zero-order valence-electron chi connectivity index (χ0n) is 22.8. The second kappa shape index (κ2) is 15.8. The van der Waals surface area contributed by atoms with Crippen molar-refractivity contribution >= 4 is 11.9 Å². The summed E-state index contributed by atoms with van der Waals surface area (Å²) in [5.74, 6) is 2.20. The smallest absolute Gasteiger partial charge is 0.332 e. The molecule has 0 amide bonds. The van der Waals surface area contributed by atoms with E-state index in [1.165, 1.54) is 51.4 Å². The van der Waals surface area contributed by atoms with Crippen molar-refractivity contribution < 1.29 is 28.5 Å². The number of hydrogen-bond acceptors (Lipinski definition) is 6. The molecular formula is C30H50O6. The molecule has 3 saturated carbocycles. The van der Waals surface area contributed by atoms with Gasteiger partial charge in [0.2, 0.25) is 6.29 Å². The highest BCUT2D eigenvalue weighted by molar-refractivity contribution is 5.81. The molecule has 0 aromatic carbocycles. The van der Waals surface area contributed by atoms with Crippen LogP contribution < -0.4 is 0 Å². The molecule has 1 atom stereocenters. The van der Waals surface area contributed by atoms with Gasteiger partial charge in [-0.05, 0) is 82.0 Å². The highest BCUT2D eigenvalue weighted by atomic mass is 16.8. The molecule has 0 heterocycles. The topological polar surface area (TPSA) is 71.1 Å². The van der Waals surface area contributed by atoms with Crippen LogP contribution >= 0.6 is 0 Å². The molecule has 0 radical (unpaired) electrons. The van der Waals surface area contributed by atoms with E-state index in [2.05, 4.69) is 13.5 Å². The maximum atomic E-state index is 12.8. The van der Waals surface area contributed by atoms with Crippen molar-refractivity contribution in [2.24, 2.45) is 23.7 Å². The Balaban J connectivity index is 1.28. The van der Waals surface area contributed by atoms with Crippen LogP contribution in [0, 0.1) is 23.7 Å². The van der Waals surface area contributed by atoms with Gasteiger partial charge in [-0.15, -0.1) is 0 Å². The van der Waals surface area contributed by atoms with Gasteiger partial charge in [0.1, 0.15) is 6.10 Å². The Morgan fingerprint density at radius 1 is 0.833 bits per heavy atom. The predicted octanol–water partition coefficient (Wildman–Crippen LogP) is 7.10. The Morgan fingerprint density at radius 2 is 1.44 bits per heavy atom. The lowest BCUT2D eigenvalue weighted by molar-refractivity contribution is -0.210. The summed E-state index contributed by atoms with van der Waals surface area (Å²) in [4.78, 5) is 24.2. The number of ether oxygens (including phenoxy) is 4. The first kappa shape index (κ1) is 29.2. The predicted molar refractivity (Wildman–Crippen MR) is 140 cm³/mol. The van der Waals surface area contributed by atoms with Gasteiger partial charge in [0.25, 0.3) is 0 Å². The molecule has 1 unspecified atom stereocenters. The number of rotatable bonds is 13. The Hall–Kier alpha value is -1.40. The van der Waals surface area contributed by atoms with Crippen LogP contribution in [-0.4, -0.2) is 37.2 Å². The summed E-state index contributed by atoms with van der Waals surface area (Å²) >= 11 is 0. The molecule has 6 nitrogen and oxygen atoms in total. The molecule has 3 aliphatic rings. The second-order valence-corrected chi connectivity index (χ2v) is 11.3. The van der Waals surface area contributed by atoms with E-state index >= 15 is 0 Å². The molecule has 0 aliphatic heterocycles. The summed E-state index contributed by atoms with van der Waals surface area (Å²) in [7, 11) is 0. The van der Waals surface area contributed by atoms with Gasteiger partial charge in [0, 0.05) is 12.5 Å². The van der Waals surface area contributed by atoms with E-state index in [-0.39, 0.29) is 30.9 Å². The van der Waals surface area contributed by atoms with Crippen molar-refractivity contribution in [1.29, 1.82) is 0 Å². The number of hydrogen-bond donors (Lipinski definition) is 0. The lowest BCUT2D eigenvalue weighted by atomic mass is 9.70. The average Bonchev–Trinajstić information content (AvgIpc) is 2.90. The van der Waals surface area contributed by atoms with Crippen LogP contribution in [0.1, 0.15) is 117 Å². The SMILES string of the molecule is C=CC(=O)OC(CCC)OCOC1CCC(C(=O)OC2CCC(C3CCC(CCC)CC3)CC2)CC1. The lowest BCUT2D eigenvalue weighted by Gasteiger charge is -2.38. The fraction of sp³-hybridized carbons (Fsp3) is 0.867. The zero-order chi connectivity index (χ0) is 25.8. The maximum Gasteiger partial charge on any atom is 0.332 e. The Labute approximate surface area is 218 Å². The second-order valence-electron chi connectivity index (χ2n) is 11.3. The first-order valence-corrected chi connectivity index (χ1v) is 14.8. The molecule has 0 saturated heterocycles. The Bertz CT molecular complexity index is 654. The van der Waals surface area contributed by atoms with Crippen LogP contribution in [0.25, 0.3) is 0 Å². The molecule has 3 rings (SSSR count). The third kappa shape index (κ3) is 9.48. The van der Waals surface area contributed by atoms with Crippen LogP contribution in [-0.2, 0) is 28.5 Å². The van der Waals surface area contributed by atoms with Gasteiger partial charge in [0.15, 0.2) is 6.79 Å².